The summed E-state index contributed by atoms with van der Waals surface area (Å²) in [5, 5.41) is 3.23. The zero-order valence-corrected chi connectivity index (χ0v) is 16.2. The molecule has 1 aliphatic heterocycles. The van der Waals surface area contributed by atoms with E-state index in [1.54, 1.807) is 31.2 Å². The lowest BCUT2D eigenvalue weighted by molar-refractivity contribution is -0.140. The summed E-state index contributed by atoms with van der Waals surface area (Å²) in [7, 11) is 0. The summed E-state index contributed by atoms with van der Waals surface area (Å²) in [5.74, 6) is -0.534. The van der Waals surface area contributed by atoms with Crippen molar-refractivity contribution >= 4 is 29.4 Å². The number of nitrogens with zero attached hydrogens (tertiary/aromatic N) is 2. The van der Waals surface area contributed by atoms with Crippen molar-refractivity contribution in [2.45, 2.75) is 63.1 Å². The van der Waals surface area contributed by atoms with Crippen LogP contribution in [-0.4, -0.2) is 46.3 Å². The van der Waals surface area contributed by atoms with Gasteiger partial charge in [0.05, 0.1) is 0 Å². The van der Waals surface area contributed by atoms with E-state index in [1.807, 2.05) is 4.90 Å². The van der Waals surface area contributed by atoms with Crippen LogP contribution in [0.1, 0.15) is 51.0 Å². The van der Waals surface area contributed by atoms with Gasteiger partial charge in [-0.2, -0.15) is 0 Å². The Morgan fingerprint density at radius 3 is 2.52 bits per heavy atom. The van der Waals surface area contributed by atoms with Gasteiger partial charge in [-0.15, -0.1) is 0 Å². The lowest BCUT2D eigenvalue weighted by Gasteiger charge is -2.30. The van der Waals surface area contributed by atoms with E-state index in [4.69, 9.17) is 11.6 Å². The van der Waals surface area contributed by atoms with E-state index in [-0.39, 0.29) is 24.5 Å². The molecule has 1 N–H and O–H groups in total. The molecule has 4 rings (SSSR count). The predicted molar refractivity (Wildman–Crippen MR) is 101 cm³/mol. The van der Waals surface area contributed by atoms with E-state index < -0.39 is 17.5 Å². The van der Waals surface area contributed by atoms with Gasteiger partial charge >= 0.3 is 6.03 Å². The maximum Gasteiger partial charge on any atom is 0.325 e. The molecule has 0 radical (unpaired) electrons. The first-order valence-corrected chi connectivity index (χ1v) is 9.99. The lowest BCUT2D eigenvalue weighted by atomic mass is 9.92. The monoisotopic (exact) mass is 389 g/mol. The number of benzene rings is 1. The fourth-order valence-corrected chi connectivity index (χ4v) is 4.48. The highest BCUT2D eigenvalue weighted by atomic mass is 35.5. The molecule has 1 aromatic rings. The number of halogens is 1. The van der Waals surface area contributed by atoms with Crippen molar-refractivity contribution in [3.8, 4) is 0 Å². The van der Waals surface area contributed by atoms with Crippen LogP contribution in [0.2, 0.25) is 5.02 Å². The molecule has 1 unspecified atom stereocenters. The molecule has 1 aromatic carbocycles. The van der Waals surface area contributed by atoms with Gasteiger partial charge in [-0.1, -0.05) is 36.6 Å². The zero-order valence-electron chi connectivity index (χ0n) is 15.4. The quantitative estimate of drug-likeness (QED) is 0.787. The van der Waals surface area contributed by atoms with Crippen LogP contribution in [0.3, 0.4) is 0 Å². The second-order valence-electron chi connectivity index (χ2n) is 7.93. The molecule has 27 heavy (non-hydrogen) atoms. The van der Waals surface area contributed by atoms with Gasteiger partial charge in [0.2, 0.25) is 5.91 Å². The first kappa shape index (κ1) is 18.3. The van der Waals surface area contributed by atoms with E-state index in [2.05, 4.69) is 5.32 Å². The van der Waals surface area contributed by atoms with Gasteiger partial charge in [-0.3, -0.25) is 14.5 Å². The van der Waals surface area contributed by atoms with Crippen molar-refractivity contribution in [3.05, 3.63) is 34.9 Å². The zero-order chi connectivity index (χ0) is 19.2. The average Bonchev–Trinajstić information content (AvgIpc) is 3.26. The van der Waals surface area contributed by atoms with Crippen molar-refractivity contribution in [2.75, 3.05) is 6.54 Å². The second kappa shape index (κ2) is 6.82. The first-order valence-electron chi connectivity index (χ1n) is 9.61. The van der Waals surface area contributed by atoms with Crippen LogP contribution in [0.15, 0.2) is 24.3 Å². The molecule has 4 amide bonds. The van der Waals surface area contributed by atoms with Crippen LogP contribution in [-0.2, 0) is 15.1 Å². The topological polar surface area (TPSA) is 69.7 Å². The third-order valence-electron chi connectivity index (χ3n) is 5.92. The van der Waals surface area contributed by atoms with Gasteiger partial charge in [0.15, 0.2) is 0 Å². The molecule has 6 nitrogen and oxygen atoms in total. The Bertz CT molecular complexity index is 788. The number of amides is 4. The molecule has 1 saturated heterocycles. The number of imide groups is 1. The van der Waals surface area contributed by atoms with Crippen molar-refractivity contribution in [2.24, 2.45) is 0 Å². The van der Waals surface area contributed by atoms with Gasteiger partial charge < -0.3 is 10.2 Å². The van der Waals surface area contributed by atoms with Crippen molar-refractivity contribution in [1.82, 2.24) is 15.1 Å². The number of nitrogens with one attached hydrogen (secondary N) is 1. The Hall–Kier alpha value is -2.08. The highest BCUT2D eigenvalue weighted by Gasteiger charge is 2.50. The Kier molecular flexibility index (Phi) is 4.62. The fraction of sp³-hybridized carbons (Fsp3) is 0.550. The van der Waals surface area contributed by atoms with Gasteiger partial charge in [-0.25, -0.2) is 4.79 Å². The van der Waals surface area contributed by atoms with E-state index >= 15 is 0 Å². The van der Waals surface area contributed by atoms with Crippen LogP contribution in [0.25, 0.3) is 0 Å². The molecular formula is C20H24ClN3O3. The molecule has 2 aliphatic carbocycles. The Balaban J connectivity index is 1.53. The molecule has 3 fully saturated rings. The minimum atomic E-state index is -1.21. The third-order valence-corrected chi connectivity index (χ3v) is 6.15. The standard InChI is InChI=1S/C20H24ClN3O3/c1-20(13-5-4-6-14(21)11-13)18(26)23(19(27)22-20)12-17(25)24(16-9-10-16)15-7-2-3-8-15/h4-6,11,15-16H,2-3,7-10,12H2,1H3,(H,22,27). The van der Waals surface area contributed by atoms with Crippen LogP contribution in [0.5, 0.6) is 0 Å². The first-order chi connectivity index (χ1) is 12.9. The summed E-state index contributed by atoms with van der Waals surface area (Å²) < 4.78 is 0. The number of hydrogen-bond donors (Lipinski definition) is 1. The molecule has 7 heteroatoms. The lowest BCUT2D eigenvalue weighted by Crippen LogP contribution is -2.48. The largest absolute Gasteiger partial charge is 0.335 e. The molecule has 2 saturated carbocycles. The summed E-state index contributed by atoms with van der Waals surface area (Å²) in [6.07, 6.45) is 6.34. The Morgan fingerprint density at radius 1 is 1.22 bits per heavy atom. The maximum atomic E-state index is 13.0. The Morgan fingerprint density at radius 2 is 1.89 bits per heavy atom. The minimum Gasteiger partial charge on any atom is -0.335 e. The van der Waals surface area contributed by atoms with Crippen molar-refractivity contribution < 1.29 is 14.4 Å². The van der Waals surface area contributed by atoms with Crippen LogP contribution >= 0.6 is 11.6 Å². The Labute approximate surface area is 163 Å². The summed E-state index contributed by atoms with van der Waals surface area (Å²) >= 11 is 6.05. The van der Waals surface area contributed by atoms with Crippen LogP contribution < -0.4 is 5.32 Å². The van der Waals surface area contributed by atoms with Crippen LogP contribution in [0, 0.1) is 0 Å². The third kappa shape index (κ3) is 3.31. The maximum absolute atomic E-state index is 13.0. The number of carbonyl (C=O) groups is 3. The molecule has 0 aromatic heterocycles. The van der Waals surface area contributed by atoms with Crippen molar-refractivity contribution in [1.29, 1.82) is 0 Å². The molecule has 0 spiro atoms. The molecule has 1 heterocycles. The van der Waals surface area contributed by atoms with Gasteiger partial charge in [-0.05, 0) is 50.3 Å². The smallest absolute Gasteiger partial charge is 0.325 e. The number of carbonyl (C=O) groups excluding carboxylic acids is 3. The number of rotatable bonds is 5. The minimum absolute atomic E-state index is 0.122. The van der Waals surface area contributed by atoms with E-state index in [9.17, 15) is 14.4 Å². The van der Waals surface area contributed by atoms with E-state index in [1.165, 1.54) is 0 Å². The summed E-state index contributed by atoms with van der Waals surface area (Å²) in [6, 6.07) is 6.88. The highest BCUT2D eigenvalue weighted by molar-refractivity contribution is 6.30. The molecular weight excluding hydrogens is 366 g/mol. The molecule has 144 valence electrons. The highest BCUT2D eigenvalue weighted by Crippen LogP contribution is 2.35. The SMILES string of the molecule is CC1(c2cccc(Cl)c2)NC(=O)N(CC(=O)N(C2CCCC2)C2CC2)C1=O. The fourth-order valence-electron chi connectivity index (χ4n) is 4.29. The molecule has 1 atom stereocenters. The predicted octanol–water partition coefficient (Wildman–Crippen LogP) is 3.04. The van der Waals surface area contributed by atoms with Crippen LogP contribution in [0.4, 0.5) is 4.79 Å². The van der Waals surface area contributed by atoms with E-state index in [0.717, 1.165) is 43.4 Å². The number of urea groups is 1. The van der Waals surface area contributed by atoms with Gasteiger partial charge in [0, 0.05) is 17.1 Å². The summed E-state index contributed by atoms with van der Waals surface area (Å²) in [4.78, 5) is 41.5. The van der Waals surface area contributed by atoms with Gasteiger partial charge in [0.25, 0.3) is 5.91 Å². The molecule has 3 aliphatic rings. The number of hydrogen-bond acceptors (Lipinski definition) is 3. The molecule has 0 bridgehead atoms. The average molecular weight is 390 g/mol. The van der Waals surface area contributed by atoms with Crippen molar-refractivity contribution in [3.63, 3.8) is 0 Å². The van der Waals surface area contributed by atoms with Gasteiger partial charge in [0.1, 0.15) is 12.1 Å². The second-order valence-corrected chi connectivity index (χ2v) is 8.36. The normalized spacial score (nSPS) is 25.8. The summed E-state index contributed by atoms with van der Waals surface area (Å²) in [5.41, 5.74) is -0.599. The van der Waals surface area contributed by atoms with E-state index in [0.29, 0.717) is 10.6 Å². The summed E-state index contributed by atoms with van der Waals surface area (Å²) in [6.45, 7) is 1.45.